The van der Waals surface area contributed by atoms with E-state index in [4.69, 9.17) is 11.6 Å². The lowest BCUT2D eigenvalue weighted by atomic mass is 10.1. The molecule has 2 fully saturated rings. The van der Waals surface area contributed by atoms with E-state index < -0.39 is 9.84 Å². The van der Waals surface area contributed by atoms with Gasteiger partial charge in [0, 0.05) is 17.6 Å². The number of nitrogens with zero attached hydrogens (tertiary/aromatic N) is 1. The van der Waals surface area contributed by atoms with E-state index in [-0.39, 0.29) is 11.7 Å². The SMILES string of the molecule is O=S1(=O)CCC(CNC(=NCc2ccc(Cl)cc2)NC2CCCC2)C1. The number of hydrogen-bond donors (Lipinski definition) is 2. The third-order valence-corrected chi connectivity index (χ3v) is 7.00. The molecule has 1 aliphatic heterocycles. The standard InChI is InChI=1S/C18H26ClN3O2S/c19-16-7-5-14(6-8-16)11-20-18(22-17-3-1-2-4-17)21-12-15-9-10-25(23,24)13-15/h5-8,15,17H,1-4,9-13H2,(H2,20,21,22). The van der Waals surface area contributed by atoms with Crippen LogP contribution in [0.15, 0.2) is 29.3 Å². The summed E-state index contributed by atoms with van der Waals surface area (Å²) in [6.07, 6.45) is 5.58. The minimum absolute atomic E-state index is 0.177. The van der Waals surface area contributed by atoms with E-state index >= 15 is 0 Å². The molecule has 0 spiro atoms. The van der Waals surface area contributed by atoms with Crippen molar-refractivity contribution < 1.29 is 8.42 Å². The first-order valence-corrected chi connectivity index (χ1v) is 11.2. The van der Waals surface area contributed by atoms with Crippen LogP contribution in [0.4, 0.5) is 0 Å². The van der Waals surface area contributed by atoms with Crippen molar-refractivity contribution in [3.8, 4) is 0 Å². The Morgan fingerprint density at radius 2 is 1.88 bits per heavy atom. The minimum Gasteiger partial charge on any atom is -0.356 e. The van der Waals surface area contributed by atoms with E-state index in [2.05, 4.69) is 15.6 Å². The van der Waals surface area contributed by atoms with Gasteiger partial charge >= 0.3 is 0 Å². The van der Waals surface area contributed by atoms with Gasteiger partial charge in [-0.3, -0.25) is 0 Å². The Balaban J connectivity index is 1.59. The molecule has 7 heteroatoms. The topological polar surface area (TPSA) is 70.6 Å². The Morgan fingerprint density at radius 3 is 2.52 bits per heavy atom. The van der Waals surface area contributed by atoms with Crippen molar-refractivity contribution in [2.75, 3.05) is 18.1 Å². The quantitative estimate of drug-likeness (QED) is 0.605. The molecule has 0 amide bonds. The molecule has 0 aromatic heterocycles. The van der Waals surface area contributed by atoms with E-state index in [0.717, 1.165) is 23.0 Å². The van der Waals surface area contributed by atoms with Gasteiger partial charge < -0.3 is 10.6 Å². The summed E-state index contributed by atoms with van der Waals surface area (Å²) in [7, 11) is -2.84. The third kappa shape index (κ3) is 5.89. The van der Waals surface area contributed by atoms with Gasteiger partial charge in [-0.2, -0.15) is 0 Å². The summed E-state index contributed by atoms with van der Waals surface area (Å²) in [5.41, 5.74) is 1.10. The normalized spacial score (nSPS) is 23.7. The average Bonchev–Trinajstić information content (AvgIpc) is 3.20. The fraction of sp³-hybridized carbons (Fsp3) is 0.611. The third-order valence-electron chi connectivity index (χ3n) is 4.91. The molecule has 1 heterocycles. The van der Waals surface area contributed by atoms with E-state index in [1.165, 1.54) is 25.7 Å². The zero-order chi connectivity index (χ0) is 17.7. The average molecular weight is 384 g/mol. The second kappa shape index (κ2) is 8.41. The highest BCUT2D eigenvalue weighted by atomic mass is 35.5. The van der Waals surface area contributed by atoms with Crippen molar-refractivity contribution >= 4 is 27.4 Å². The first-order chi connectivity index (χ1) is 12.0. The molecule has 138 valence electrons. The Hall–Kier alpha value is -1.27. The summed E-state index contributed by atoms with van der Waals surface area (Å²) in [6, 6.07) is 8.15. The van der Waals surface area contributed by atoms with Crippen LogP contribution in [0.25, 0.3) is 0 Å². The highest BCUT2D eigenvalue weighted by Gasteiger charge is 2.28. The lowest BCUT2D eigenvalue weighted by Gasteiger charge is -2.19. The highest BCUT2D eigenvalue weighted by Crippen LogP contribution is 2.19. The molecular weight excluding hydrogens is 358 g/mol. The Labute approximate surface area is 155 Å². The second-order valence-electron chi connectivity index (χ2n) is 7.07. The fourth-order valence-electron chi connectivity index (χ4n) is 3.45. The van der Waals surface area contributed by atoms with E-state index in [1.54, 1.807) is 0 Å². The van der Waals surface area contributed by atoms with Gasteiger partial charge in [0.2, 0.25) is 0 Å². The zero-order valence-corrected chi connectivity index (χ0v) is 16.0. The number of sulfone groups is 1. The Kier molecular flexibility index (Phi) is 6.23. The van der Waals surface area contributed by atoms with E-state index in [1.807, 2.05) is 24.3 Å². The monoisotopic (exact) mass is 383 g/mol. The molecule has 1 aliphatic carbocycles. The van der Waals surface area contributed by atoms with Gasteiger partial charge in [-0.1, -0.05) is 36.6 Å². The maximum absolute atomic E-state index is 11.6. The molecule has 3 rings (SSSR count). The minimum atomic E-state index is -2.84. The van der Waals surface area contributed by atoms with Crippen LogP contribution in [0.3, 0.4) is 0 Å². The number of hydrogen-bond acceptors (Lipinski definition) is 3. The van der Waals surface area contributed by atoms with Crippen molar-refractivity contribution in [1.29, 1.82) is 0 Å². The molecule has 1 saturated heterocycles. The van der Waals surface area contributed by atoms with Crippen molar-refractivity contribution in [1.82, 2.24) is 10.6 Å². The number of rotatable bonds is 5. The molecule has 1 saturated carbocycles. The number of aliphatic imine (C=N–C) groups is 1. The molecule has 1 atom stereocenters. The van der Waals surface area contributed by atoms with Crippen LogP contribution < -0.4 is 10.6 Å². The van der Waals surface area contributed by atoms with Gasteiger partial charge in [0.15, 0.2) is 15.8 Å². The predicted octanol–water partition coefficient (Wildman–Crippen LogP) is 2.75. The first kappa shape index (κ1) is 18.5. The summed E-state index contributed by atoms with van der Waals surface area (Å²) < 4.78 is 23.2. The molecule has 1 aromatic rings. The number of benzene rings is 1. The van der Waals surface area contributed by atoms with Gasteiger partial charge in [0.25, 0.3) is 0 Å². The molecular formula is C18H26ClN3O2S. The molecule has 25 heavy (non-hydrogen) atoms. The Morgan fingerprint density at radius 1 is 1.16 bits per heavy atom. The summed E-state index contributed by atoms with van der Waals surface area (Å²) in [5.74, 6) is 1.56. The number of halogens is 1. The summed E-state index contributed by atoms with van der Waals surface area (Å²) in [5, 5.41) is 7.58. The zero-order valence-electron chi connectivity index (χ0n) is 14.4. The van der Waals surface area contributed by atoms with Crippen LogP contribution in [0.1, 0.15) is 37.7 Å². The van der Waals surface area contributed by atoms with Crippen molar-refractivity contribution in [3.63, 3.8) is 0 Å². The van der Waals surface area contributed by atoms with Crippen LogP contribution in [-0.4, -0.2) is 38.5 Å². The van der Waals surface area contributed by atoms with Crippen LogP contribution in [-0.2, 0) is 16.4 Å². The fourth-order valence-corrected chi connectivity index (χ4v) is 5.44. The molecule has 5 nitrogen and oxygen atoms in total. The summed E-state index contributed by atoms with van der Waals surface area (Å²) in [6.45, 7) is 1.22. The van der Waals surface area contributed by atoms with Gasteiger partial charge in [0.05, 0.1) is 18.1 Å². The van der Waals surface area contributed by atoms with Gasteiger partial charge in [0.1, 0.15) is 0 Å². The molecule has 2 N–H and O–H groups in total. The van der Waals surface area contributed by atoms with Crippen LogP contribution >= 0.6 is 11.6 Å². The summed E-state index contributed by atoms with van der Waals surface area (Å²) >= 11 is 5.92. The van der Waals surface area contributed by atoms with E-state index in [0.29, 0.717) is 24.9 Å². The maximum atomic E-state index is 11.6. The molecule has 2 aliphatic rings. The van der Waals surface area contributed by atoms with E-state index in [9.17, 15) is 8.42 Å². The van der Waals surface area contributed by atoms with Gasteiger partial charge in [-0.15, -0.1) is 0 Å². The van der Waals surface area contributed by atoms with Crippen LogP contribution in [0, 0.1) is 5.92 Å². The largest absolute Gasteiger partial charge is 0.356 e. The molecule has 1 aromatic carbocycles. The van der Waals surface area contributed by atoms with Crippen molar-refractivity contribution in [3.05, 3.63) is 34.9 Å². The lowest BCUT2D eigenvalue weighted by molar-refractivity contribution is 0.553. The molecule has 1 unspecified atom stereocenters. The summed E-state index contributed by atoms with van der Waals surface area (Å²) in [4.78, 5) is 4.69. The first-order valence-electron chi connectivity index (χ1n) is 9.00. The smallest absolute Gasteiger partial charge is 0.191 e. The highest BCUT2D eigenvalue weighted by molar-refractivity contribution is 7.91. The van der Waals surface area contributed by atoms with Gasteiger partial charge in [-0.25, -0.2) is 13.4 Å². The van der Waals surface area contributed by atoms with Crippen molar-refractivity contribution in [2.24, 2.45) is 10.9 Å². The van der Waals surface area contributed by atoms with Crippen LogP contribution in [0.2, 0.25) is 5.02 Å². The maximum Gasteiger partial charge on any atom is 0.191 e. The predicted molar refractivity (Wildman–Crippen MR) is 103 cm³/mol. The number of guanidine groups is 1. The number of nitrogens with one attached hydrogen (secondary N) is 2. The second-order valence-corrected chi connectivity index (χ2v) is 9.73. The van der Waals surface area contributed by atoms with Crippen molar-refractivity contribution in [2.45, 2.75) is 44.7 Å². The van der Waals surface area contributed by atoms with Gasteiger partial charge in [-0.05, 0) is 42.9 Å². The molecule has 0 radical (unpaired) electrons. The molecule has 0 bridgehead atoms. The van der Waals surface area contributed by atoms with Crippen LogP contribution in [0.5, 0.6) is 0 Å². The lowest BCUT2D eigenvalue weighted by Crippen LogP contribution is -2.44. The Bertz CT molecular complexity index is 698.